The van der Waals surface area contributed by atoms with Crippen LogP contribution >= 0.6 is 0 Å². The highest BCUT2D eigenvalue weighted by Crippen LogP contribution is 2.28. The number of hydrogen-bond acceptors (Lipinski definition) is 4. The van der Waals surface area contributed by atoms with E-state index in [9.17, 15) is 4.79 Å². The molecule has 26 heavy (non-hydrogen) atoms. The number of fused-ring (bicyclic) bond motifs is 1. The fraction of sp³-hybridized carbons (Fsp3) is 0.350. The van der Waals surface area contributed by atoms with Crippen molar-refractivity contribution in [3.63, 3.8) is 0 Å². The van der Waals surface area contributed by atoms with Crippen molar-refractivity contribution >= 4 is 17.1 Å². The van der Waals surface area contributed by atoms with Crippen LogP contribution in [0.15, 0.2) is 53.2 Å². The molecule has 134 valence electrons. The molecule has 1 atom stereocenters. The number of benzene rings is 1. The van der Waals surface area contributed by atoms with Crippen molar-refractivity contribution in [2.24, 2.45) is 0 Å². The van der Waals surface area contributed by atoms with Crippen molar-refractivity contribution in [2.45, 2.75) is 25.2 Å². The third kappa shape index (κ3) is 3.69. The number of amides is 2. The van der Waals surface area contributed by atoms with E-state index in [1.54, 1.807) is 6.20 Å². The Kier molecular flexibility index (Phi) is 4.82. The van der Waals surface area contributed by atoms with Gasteiger partial charge in [-0.3, -0.25) is 4.98 Å². The van der Waals surface area contributed by atoms with E-state index in [0.717, 1.165) is 48.4 Å². The summed E-state index contributed by atoms with van der Waals surface area (Å²) in [6.45, 7) is 2.02. The molecular weight excluding hydrogens is 328 g/mol. The number of pyridine rings is 1. The van der Waals surface area contributed by atoms with Gasteiger partial charge in [-0.2, -0.15) is 0 Å². The number of hydrogen-bond donors (Lipinski definition) is 1. The summed E-state index contributed by atoms with van der Waals surface area (Å²) in [5.41, 5.74) is 2.80. The second kappa shape index (κ2) is 7.56. The molecular formula is C20H22N4O2. The first kappa shape index (κ1) is 16.6. The minimum atomic E-state index is -0.0188. The quantitative estimate of drug-likeness (QED) is 0.783. The second-order valence-electron chi connectivity index (χ2n) is 6.65. The highest BCUT2D eigenvalue weighted by molar-refractivity contribution is 5.74. The SMILES string of the molecule is O=C(NCCc1cccnc1)N1CCCC(c2nc3ccccc3o2)C1. The molecule has 1 fully saturated rings. The summed E-state index contributed by atoms with van der Waals surface area (Å²) in [4.78, 5) is 23.0. The number of urea groups is 1. The van der Waals surface area contributed by atoms with Crippen molar-refractivity contribution in [3.05, 3.63) is 60.2 Å². The van der Waals surface area contributed by atoms with Gasteiger partial charge in [0.15, 0.2) is 11.5 Å². The molecule has 0 spiro atoms. The molecule has 0 radical (unpaired) electrons. The van der Waals surface area contributed by atoms with Crippen LogP contribution in [-0.2, 0) is 6.42 Å². The number of para-hydroxylation sites is 2. The molecule has 2 amide bonds. The van der Waals surface area contributed by atoms with Crippen LogP contribution in [0.25, 0.3) is 11.1 Å². The van der Waals surface area contributed by atoms with Crippen LogP contribution in [0.2, 0.25) is 0 Å². The lowest BCUT2D eigenvalue weighted by Gasteiger charge is -2.31. The normalized spacial score (nSPS) is 17.4. The molecule has 1 unspecified atom stereocenters. The third-order valence-electron chi connectivity index (χ3n) is 4.78. The van der Waals surface area contributed by atoms with Gasteiger partial charge in [0.2, 0.25) is 0 Å². The van der Waals surface area contributed by atoms with Crippen molar-refractivity contribution in [1.82, 2.24) is 20.2 Å². The molecule has 3 aromatic rings. The minimum absolute atomic E-state index is 0.0188. The van der Waals surface area contributed by atoms with E-state index in [0.29, 0.717) is 13.1 Å². The van der Waals surface area contributed by atoms with Crippen LogP contribution in [0.1, 0.15) is 30.2 Å². The minimum Gasteiger partial charge on any atom is -0.440 e. The molecule has 2 aromatic heterocycles. The zero-order valence-electron chi connectivity index (χ0n) is 14.6. The van der Waals surface area contributed by atoms with Gasteiger partial charge in [0, 0.05) is 32.0 Å². The number of carbonyl (C=O) groups excluding carboxylic acids is 1. The highest BCUT2D eigenvalue weighted by atomic mass is 16.3. The van der Waals surface area contributed by atoms with Gasteiger partial charge in [0.1, 0.15) is 5.52 Å². The summed E-state index contributed by atoms with van der Waals surface area (Å²) in [6.07, 6.45) is 6.31. The molecule has 1 aliphatic heterocycles. The van der Waals surface area contributed by atoms with Gasteiger partial charge in [0.25, 0.3) is 0 Å². The highest BCUT2D eigenvalue weighted by Gasteiger charge is 2.27. The molecule has 0 saturated carbocycles. The van der Waals surface area contributed by atoms with Crippen LogP contribution in [0.4, 0.5) is 4.79 Å². The molecule has 3 heterocycles. The monoisotopic (exact) mass is 350 g/mol. The zero-order valence-corrected chi connectivity index (χ0v) is 14.6. The maximum Gasteiger partial charge on any atom is 0.317 e. The summed E-state index contributed by atoms with van der Waals surface area (Å²) in [5.74, 6) is 0.888. The average Bonchev–Trinajstić information content (AvgIpc) is 3.13. The number of nitrogens with zero attached hydrogens (tertiary/aromatic N) is 3. The fourth-order valence-electron chi connectivity index (χ4n) is 3.40. The van der Waals surface area contributed by atoms with Crippen molar-refractivity contribution in [3.8, 4) is 0 Å². The summed E-state index contributed by atoms with van der Waals surface area (Å²) >= 11 is 0. The van der Waals surface area contributed by atoms with Gasteiger partial charge in [-0.25, -0.2) is 9.78 Å². The van der Waals surface area contributed by atoms with E-state index in [-0.39, 0.29) is 11.9 Å². The van der Waals surface area contributed by atoms with E-state index < -0.39 is 0 Å². The lowest BCUT2D eigenvalue weighted by atomic mass is 9.98. The molecule has 1 aliphatic rings. The van der Waals surface area contributed by atoms with Crippen molar-refractivity contribution in [1.29, 1.82) is 0 Å². The van der Waals surface area contributed by atoms with Gasteiger partial charge in [0.05, 0.1) is 5.92 Å². The maximum atomic E-state index is 12.5. The summed E-state index contributed by atoms with van der Waals surface area (Å²) in [7, 11) is 0. The number of likely N-dealkylation sites (tertiary alicyclic amines) is 1. The number of rotatable bonds is 4. The molecule has 4 rings (SSSR count). The fourth-order valence-corrected chi connectivity index (χ4v) is 3.40. The molecule has 1 saturated heterocycles. The summed E-state index contributed by atoms with van der Waals surface area (Å²) in [6, 6.07) is 11.7. The smallest absolute Gasteiger partial charge is 0.317 e. The molecule has 6 nitrogen and oxygen atoms in total. The standard InChI is InChI=1S/C20H22N4O2/c25-20(22-11-9-15-5-3-10-21-13-15)24-12-4-6-16(14-24)19-23-17-7-1-2-8-18(17)26-19/h1-3,5,7-8,10,13,16H,4,6,9,11-12,14H2,(H,22,25). The number of aromatic nitrogens is 2. The Morgan fingerprint density at radius 2 is 2.19 bits per heavy atom. The van der Waals surface area contributed by atoms with Gasteiger partial charge in [-0.05, 0) is 43.0 Å². The Morgan fingerprint density at radius 1 is 1.27 bits per heavy atom. The van der Waals surface area contributed by atoms with Crippen LogP contribution in [0.3, 0.4) is 0 Å². The Balaban J connectivity index is 1.34. The maximum absolute atomic E-state index is 12.5. The van der Waals surface area contributed by atoms with E-state index in [1.807, 2.05) is 47.5 Å². The predicted octanol–water partition coefficient (Wildman–Crippen LogP) is 3.35. The first-order chi connectivity index (χ1) is 12.8. The van der Waals surface area contributed by atoms with Crippen LogP contribution in [-0.4, -0.2) is 40.5 Å². The lowest BCUT2D eigenvalue weighted by molar-refractivity contribution is 0.175. The van der Waals surface area contributed by atoms with E-state index >= 15 is 0 Å². The first-order valence-electron chi connectivity index (χ1n) is 9.07. The summed E-state index contributed by atoms with van der Waals surface area (Å²) < 4.78 is 5.90. The number of carbonyl (C=O) groups is 1. The average molecular weight is 350 g/mol. The second-order valence-corrected chi connectivity index (χ2v) is 6.65. The van der Waals surface area contributed by atoms with Gasteiger partial charge < -0.3 is 14.6 Å². The first-order valence-corrected chi connectivity index (χ1v) is 9.07. The lowest BCUT2D eigenvalue weighted by Crippen LogP contribution is -2.45. The molecule has 0 aliphatic carbocycles. The molecule has 1 N–H and O–H groups in total. The van der Waals surface area contributed by atoms with Crippen molar-refractivity contribution < 1.29 is 9.21 Å². The number of piperidine rings is 1. The third-order valence-corrected chi connectivity index (χ3v) is 4.78. The topological polar surface area (TPSA) is 71.3 Å². The number of oxazole rings is 1. The van der Waals surface area contributed by atoms with Crippen molar-refractivity contribution in [2.75, 3.05) is 19.6 Å². The van der Waals surface area contributed by atoms with Crippen LogP contribution in [0.5, 0.6) is 0 Å². The zero-order chi connectivity index (χ0) is 17.8. The number of nitrogens with one attached hydrogen (secondary N) is 1. The van der Waals surface area contributed by atoms with Crippen LogP contribution in [0, 0.1) is 0 Å². The Labute approximate surface area is 152 Å². The van der Waals surface area contributed by atoms with Gasteiger partial charge in [-0.1, -0.05) is 18.2 Å². The van der Waals surface area contributed by atoms with Gasteiger partial charge in [-0.15, -0.1) is 0 Å². The van der Waals surface area contributed by atoms with E-state index in [2.05, 4.69) is 15.3 Å². The summed E-state index contributed by atoms with van der Waals surface area (Å²) in [5, 5.41) is 3.01. The van der Waals surface area contributed by atoms with E-state index in [4.69, 9.17) is 4.42 Å². The predicted molar refractivity (Wildman–Crippen MR) is 98.9 cm³/mol. The largest absolute Gasteiger partial charge is 0.440 e. The Hall–Kier alpha value is -2.89. The van der Waals surface area contributed by atoms with Gasteiger partial charge >= 0.3 is 6.03 Å². The van der Waals surface area contributed by atoms with Crippen LogP contribution < -0.4 is 5.32 Å². The molecule has 1 aromatic carbocycles. The molecule has 6 heteroatoms. The Bertz CT molecular complexity index is 845. The van der Waals surface area contributed by atoms with E-state index in [1.165, 1.54) is 0 Å². The Morgan fingerprint density at radius 3 is 3.04 bits per heavy atom. The molecule has 0 bridgehead atoms.